The van der Waals surface area contributed by atoms with Crippen molar-refractivity contribution in [1.29, 1.82) is 0 Å². The Morgan fingerprint density at radius 1 is 1.07 bits per heavy atom. The van der Waals surface area contributed by atoms with Gasteiger partial charge in [-0.05, 0) is 62.6 Å². The molecule has 5 aliphatic rings. The molecule has 0 radical (unpaired) electrons. The predicted molar refractivity (Wildman–Crippen MR) is 115 cm³/mol. The van der Waals surface area contributed by atoms with Crippen LogP contribution in [0.15, 0.2) is 29.8 Å². The molecule has 6 heteroatoms. The Kier molecular flexibility index (Phi) is 4.63. The first-order valence-corrected chi connectivity index (χ1v) is 11.7. The number of amides is 2. The highest BCUT2D eigenvalue weighted by Gasteiger charge is 2.46. The molecule has 6 rings (SSSR count). The number of ether oxygens (including phenoxy) is 2. The summed E-state index contributed by atoms with van der Waals surface area (Å²) in [5.41, 5.74) is 2.29. The fraction of sp³-hybridized carbons (Fsp3) is 0.625. The fourth-order valence-corrected chi connectivity index (χ4v) is 6.52. The highest BCUT2D eigenvalue weighted by molar-refractivity contribution is 5.90. The Hall–Kier alpha value is -2.21. The molecule has 3 fully saturated rings. The minimum atomic E-state index is 0.0153. The summed E-state index contributed by atoms with van der Waals surface area (Å²) < 4.78 is 11.3. The highest BCUT2D eigenvalue weighted by Crippen LogP contribution is 2.45. The van der Waals surface area contributed by atoms with E-state index in [9.17, 15) is 4.79 Å². The van der Waals surface area contributed by atoms with E-state index in [1.165, 1.54) is 37.8 Å². The van der Waals surface area contributed by atoms with E-state index in [1.807, 2.05) is 18.2 Å². The maximum atomic E-state index is 13.3. The van der Waals surface area contributed by atoms with E-state index in [0.29, 0.717) is 30.8 Å². The van der Waals surface area contributed by atoms with Gasteiger partial charge in [-0.25, -0.2) is 4.79 Å². The normalized spacial score (nSPS) is 32.5. The zero-order valence-corrected chi connectivity index (χ0v) is 17.5. The van der Waals surface area contributed by atoms with Gasteiger partial charge in [0.1, 0.15) is 13.2 Å². The van der Waals surface area contributed by atoms with Crippen LogP contribution in [0.1, 0.15) is 38.5 Å². The monoisotopic (exact) mass is 409 g/mol. The summed E-state index contributed by atoms with van der Waals surface area (Å²) in [6.07, 6.45) is 10.1. The molecule has 2 bridgehead atoms. The minimum absolute atomic E-state index is 0.0153. The molecular weight excluding hydrogens is 378 g/mol. The zero-order chi connectivity index (χ0) is 20.1. The van der Waals surface area contributed by atoms with Crippen LogP contribution in [0.2, 0.25) is 0 Å². The third-order valence-corrected chi connectivity index (χ3v) is 7.71. The number of carbonyl (C=O) groups excluding carboxylic acids is 1. The largest absolute Gasteiger partial charge is 0.486 e. The minimum Gasteiger partial charge on any atom is -0.486 e. The molecule has 2 amide bonds. The molecule has 0 aromatic heterocycles. The number of likely N-dealkylation sites (tertiary alicyclic amines) is 1. The van der Waals surface area contributed by atoms with Gasteiger partial charge in [0.05, 0.1) is 6.04 Å². The second kappa shape index (κ2) is 7.49. The predicted octanol–water partition coefficient (Wildman–Crippen LogP) is 3.88. The number of rotatable bonds is 1. The summed E-state index contributed by atoms with van der Waals surface area (Å²) in [6, 6.07) is 6.68. The summed E-state index contributed by atoms with van der Waals surface area (Å²) in [5, 5.41) is 3.14. The van der Waals surface area contributed by atoms with Gasteiger partial charge >= 0.3 is 6.03 Å². The second-order valence-corrected chi connectivity index (χ2v) is 9.49. The molecule has 6 nitrogen and oxygen atoms in total. The number of fused-ring (bicyclic) bond motifs is 7. The Bertz CT molecular complexity index is 869. The lowest BCUT2D eigenvalue weighted by molar-refractivity contribution is 0.00908. The van der Waals surface area contributed by atoms with Crippen molar-refractivity contribution < 1.29 is 14.3 Å². The van der Waals surface area contributed by atoms with Gasteiger partial charge in [0.15, 0.2) is 11.5 Å². The third-order valence-electron chi connectivity index (χ3n) is 7.71. The second-order valence-electron chi connectivity index (χ2n) is 9.49. The van der Waals surface area contributed by atoms with Crippen LogP contribution in [0.25, 0.3) is 0 Å². The molecular formula is C24H31N3O3. The molecule has 4 aliphatic heterocycles. The maximum Gasteiger partial charge on any atom is 0.322 e. The van der Waals surface area contributed by atoms with Crippen molar-refractivity contribution in [2.75, 3.05) is 38.2 Å². The molecule has 0 spiro atoms. The van der Waals surface area contributed by atoms with Gasteiger partial charge in [0.25, 0.3) is 0 Å². The van der Waals surface area contributed by atoms with E-state index < -0.39 is 0 Å². The van der Waals surface area contributed by atoms with Gasteiger partial charge in [-0.1, -0.05) is 18.1 Å². The Morgan fingerprint density at radius 2 is 1.97 bits per heavy atom. The summed E-state index contributed by atoms with van der Waals surface area (Å²) in [7, 11) is 0. The molecule has 1 aromatic carbocycles. The lowest BCUT2D eigenvalue weighted by atomic mass is 9.68. The van der Waals surface area contributed by atoms with E-state index in [0.717, 1.165) is 43.4 Å². The van der Waals surface area contributed by atoms with Gasteiger partial charge in [-0.3, -0.25) is 4.90 Å². The molecule has 1 aliphatic carbocycles. The van der Waals surface area contributed by atoms with Gasteiger partial charge < -0.3 is 19.7 Å². The van der Waals surface area contributed by atoms with E-state index >= 15 is 0 Å². The average molecular weight is 410 g/mol. The number of anilines is 1. The first-order chi connectivity index (χ1) is 14.8. The van der Waals surface area contributed by atoms with Crippen molar-refractivity contribution in [2.45, 2.75) is 50.6 Å². The maximum absolute atomic E-state index is 13.3. The van der Waals surface area contributed by atoms with Crippen molar-refractivity contribution in [2.24, 2.45) is 11.8 Å². The van der Waals surface area contributed by atoms with Crippen LogP contribution in [-0.2, 0) is 0 Å². The number of nitrogens with zero attached hydrogens (tertiary/aromatic N) is 2. The van der Waals surface area contributed by atoms with Crippen LogP contribution >= 0.6 is 0 Å². The van der Waals surface area contributed by atoms with E-state index in [2.05, 4.69) is 21.2 Å². The van der Waals surface area contributed by atoms with Crippen LogP contribution in [0, 0.1) is 11.8 Å². The number of hydrogen-bond acceptors (Lipinski definition) is 4. The summed E-state index contributed by atoms with van der Waals surface area (Å²) >= 11 is 0. The average Bonchev–Trinajstić information content (AvgIpc) is 2.78. The van der Waals surface area contributed by atoms with Crippen molar-refractivity contribution in [1.82, 2.24) is 9.80 Å². The lowest BCUT2D eigenvalue weighted by Crippen LogP contribution is -2.60. The van der Waals surface area contributed by atoms with Crippen molar-refractivity contribution in [3.63, 3.8) is 0 Å². The number of nitrogens with one attached hydrogen (secondary N) is 1. The van der Waals surface area contributed by atoms with Gasteiger partial charge in [0.2, 0.25) is 0 Å². The number of piperidine rings is 3. The van der Waals surface area contributed by atoms with Crippen LogP contribution in [0.4, 0.5) is 10.5 Å². The topological polar surface area (TPSA) is 54.0 Å². The SMILES string of the molecule is O=C(Nc1ccc2c(c1)OCCO2)N1CCCC2=CC3CC(CN4CCCC[C@H]34)[C@@H]21. The van der Waals surface area contributed by atoms with Gasteiger partial charge in [-0.2, -0.15) is 0 Å². The molecule has 0 saturated carbocycles. The molecule has 160 valence electrons. The smallest absolute Gasteiger partial charge is 0.322 e. The standard InChI is InChI=1S/C24H31N3O3/c28-24(25-19-6-7-21-22(14-19)30-11-10-29-21)27-9-3-4-16-12-17-13-18(23(16)27)15-26-8-2-1-5-20(17)26/h6-7,12,14,17-18,20,23H,1-5,8-11,13,15H2,(H,25,28)/t17?,18?,20-,23-/m1/s1. The van der Waals surface area contributed by atoms with Gasteiger partial charge in [-0.15, -0.1) is 0 Å². The quantitative estimate of drug-likeness (QED) is 0.715. The van der Waals surface area contributed by atoms with Crippen molar-refractivity contribution in [3.8, 4) is 11.5 Å². The molecule has 1 N–H and O–H groups in total. The number of carbonyl (C=O) groups is 1. The fourth-order valence-electron chi connectivity index (χ4n) is 6.52. The first kappa shape index (κ1) is 18.6. The molecule has 4 atom stereocenters. The summed E-state index contributed by atoms with van der Waals surface area (Å²) in [5.74, 6) is 2.72. The third kappa shape index (κ3) is 3.16. The summed E-state index contributed by atoms with van der Waals surface area (Å²) in [4.78, 5) is 18.2. The van der Waals surface area contributed by atoms with Crippen molar-refractivity contribution >= 4 is 11.7 Å². The first-order valence-electron chi connectivity index (χ1n) is 11.7. The Balaban J connectivity index is 1.23. The van der Waals surface area contributed by atoms with E-state index in [4.69, 9.17) is 9.47 Å². The Morgan fingerprint density at radius 3 is 2.90 bits per heavy atom. The number of urea groups is 1. The van der Waals surface area contributed by atoms with E-state index in [-0.39, 0.29) is 12.1 Å². The van der Waals surface area contributed by atoms with Gasteiger partial charge in [0, 0.05) is 30.9 Å². The van der Waals surface area contributed by atoms with Crippen LogP contribution in [-0.4, -0.2) is 60.8 Å². The van der Waals surface area contributed by atoms with Crippen LogP contribution in [0.3, 0.4) is 0 Å². The van der Waals surface area contributed by atoms with Crippen LogP contribution in [0.5, 0.6) is 11.5 Å². The van der Waals surface area contributed by atoms with E-state index in [1.54, 1.807) is 0 Å². The van der Waals surface area contributed by atoms with Crippen LogP contribution < -0.4 is 14.8 Å². The van der Waals surface area contributed by atoms with Crippen molar-refractivity contribution in [3.05, 3.63) is 29.8 Å². The summed E-state index contributed by atoms with van der Waals surface area (Å²) in [6.45, 7) is 4.34. The molecule has 3 saturated heterocycles. The number of hydrogen-bond donors (Lipinski definition) is 1. The zero-order valence-electron chi connectivity index (χ0n) is 17.5. The molecule has 30 heavy (non-hydrogen) atoms. The molecule has 2 unspecified atom stereocenters. The number of benzene rings is 1. The molecule has 4 heterocycles. The lowest BCUT2D eigenvalue weighted by Gasteiger charge is -2.54. The Labute approximate surface area is 178 Å². The molecule has 1 aromatic rings. The highest BCUT2D eigenvalue weighted by atomic mass is 16.6.